The quantitative estimate of drug-likeness (QED) is 0.804. The van der Waals surface area contributed by atoms with E-state index < -0.39 is 6.36 Å². The maximum Gasteiger partial charge on any atom is 0.573 e. The summed E-state index contributed by atoms with van der Waals surface area (Å²) >= 11 is 0. The molecule has 0 fully saturated rings. The molecule has 0 unspecified atom stereocenters. The van der Waals surface area contributed by atoms with E-state index in [2.05, 4.69) is 15.4 Å². The van der Waals surface area contributed by atoms with Gasteiger partial charge in [0.2, 0.25) is 0 Å². The van der Waals surface area contributed by atoms with Gasteiger partial charge in [-0.25, -0.2) is 0 Å². The maximum atomic E-state index is 12.4. The fourth-order valence-electron chi connectivity index (χ4n) is 2.31. The highest BCUT2D eigenvalue weighted by atomic mass is 19.4. The Morgan fingerprint density at radius 1 is 1.08 bits per heavy atom. The average Bonchev–Trinajstić information content (AvgIpc) is 2.58. The van der Waals surface area contributed by atoms with Gasteiger partial charge in [0, 0.05) is 12.1 Å². The van der Waals surface area contributed by atoms with Crippen molar-refractivity contribution in [3.05, 3.63) is 65.2 Å². The normalized spacial score (nSPS) is 11.2. The highest BCUT2D eigenvalue weighted by Gasteiger charge is 2.30. The van der Waals surface area contributed by atoms with Crippen molar-refractivity contribution in [1.29, 1.82) is 0 Å². The van der Waals surface area contributed by atoms with E-state index in [-0.39, 0.29) is 18.2 Å². The number of hydrogen-bond donors (Lipinski definition) is 2. The Bertz CT molecular complexity index is 700. The summed E-state index contributed by atoms with van der Waals surface area (Å²) in [6.07, 6.45) is -3.99. The van der Waals surface area contributed by atoms with Crippen LogP contribution in [0.3, 0.4) is 0 Å². The minimum atomic E-state index is -4.72. The molecule has 0 radical (unpaired) electrons. The zero-order valence-corrected chi connectivity index (χ0v) is 13.7. The van der Waals surface area contributed by atoms with Gasteiger partial charge < -0.3 is 15.4 Å². The summed E-state index contributed by atoms with van der Waals surface area (Å²) in [6, 6.07) is 12.7. The number of nitrogens with one attached hydrogen (secondary N) is 2. The minimum absolute atomic E-state index is 0.214. The van der Waals surface area contributed by atoms with Crippen molar-refractivity contribution in [2.24, 2.45) is 0 Å². The molecule has 2 aromatic carbocycles. The monoisotopic (exact) mass is 352 g/mol. The first-order chi connectivity index (χ1) is 11.9. The van der Waals surface area contributed by atoms with E-state index in [1.807, 2.05) is 19.2 Å². The predicted molar refractivity (Wildman–Crippen MR) is 88.4 cm³/mol. The molecule has 134 valence electrons. The second-order valence-corrected chi connectivity index (χ2v) is 5.39. The van der Waals surface area contributed by atoms with Gasteiger partial charge in [-0.2, -0.15) is 0 Å². The van der Waals surface area contributed by atoms with Crippen molar-refractivity contribution >= 4 is 5.91 Å². The molecular formula is C18H19F3N2O2. The number of likely N-dealkylation sites (N-methyl/N-ethyl adjacent to an activating group) is 1. The molecule has 4 nitrogen and oxygen atoms in total. The molecule has 2 N–H and O–H groups in total. The van der Waals surface area contributed by atoms with Gasteiger partial charge in [0.1, 0.15) is 5.75 Å². The number of ether oxygens (including phenoxy) is 1. The number of hydrogen-bond acceptors (Lipinski definition) is 3. The molecule has 7 heteroatoms. The van der Waals surface area contributed by atoms with Gasteiger partial charge in [0.15, 0.2) is 0 Å². The van der Waals surface area contributed by atoms with Crippen LogP contribution in [0.25, 0.3) is 0 Å². The summed E-state index contributed by atoms with van der Waals surface area (Å²) in [4.78, 5) is 12.4. The van der Waals surface area contributed by atoms with Crippen molar-refractivity contribution in [3.63, 3.8) is 0 Å². The molecule has 25 heavy (non-hydrogen) atoms. The van der Waals surface area contributed by atoms with Gasteiger partial charge >= 0.3 is 6.36 Å². The van der Waals surface area contributed by atoms with Crippen LogP contribution in [0.5, 0.6) is 5.75 Å². The molecule has 0 atom stereocenters. The van der Waals surface area contributed by atoms with E-state index in [1.165, 1.54) is 24.3 Å². The van der Waals surface area contributed by atoms with Crippen LogP contribution >= 0.6 is 0 Å². The minimum Gasteiger partial charge on any atom is -0.406 e. The molecule has 0 saturated carbocycles. The maximum absolute atomic E-state index is 12.4. The number of rotatable bonds is 7. The SMILES string of the molecule is CNCCc1ccccc1C(=O)NCc1ccc(OC(F)(F)F)cc1. The predicted octanol–water partition coefficient (Wildman–Crippen LogP) is 3.28. The topological polar surface area (TPSA) is 50.4 Å². The number of benzene rings is 2. The number of carbonyl (C=O) groups is 1. The van der Waals surface area contributed by atoms with E-state index in [0.717, 1.165) is 18.5 Å². The van der Waals surface area contributed by atoms with Crippen LogP contribution < -0.4 is 15.4 Å². The molecule has 0 heterocycles. The Hall–Kier alpha value is -2.54. The molecule has 0 bridgehead atoms. The Morgan fingerprint density at radius 2 is 1.76 bits per heavy atom. The lowest BCUT2D eigenvalue weighted by Crippen LogP contribution is -2.24. The van der Waals surface area contributed by atoms with Crippen LogP contribution in [0.15, 0.2) is 48.5 Å². The van der Waals surface area contributed by atoms with E-state index in [0.29, 0.717) is 11.1 Å². The molecule has 0 aliphatic heterocycles. The largest absolute Gasteiger partial charge is 0.573 e. The second kappa shape index (κ2) is 8.53. The fraction of sp³-hybridized carbons (Fsp3) is 0.278. The average molecular weight is 352 g/mol. The van der Waals surface area contributed by atoms with Gasteiger partial charge in [-0.3, -0.25) is 4.79 Å². The Kier molecular flexibility index (Phi) is 6.41. The van der Waals surface area contributed by atoms with Crippen LogP contribution in [0.2, 0.25) is 0 Å². The van der Waals surface area contributed by atoms with E-state index >= 15 is 0 Å². The van der Waals surface area contributed by atoms with Gasteiger partial charge in [-0.05, 0) is 49.3 Å². The van der Waals surface area contributed by atoms with Crippen molar-refractivity contribution in [2.45, 2.75) is 19.3 Å². The molecule has 0 aromatic heterocycles. The fourth-order valence-corrected chi connectivity index (χ4v) is 2.31. The molecular weight excluding hydrogens is 333 g/mol. The summed E-state index contributed by atoms with van der Waals surface area (Å²) in [5, 5.41) is 5.82. The molecule has 2 aromatic rings. The Balaban J connectivity index is 1.96. The molecule has 1 amide bonds. The van der Waals surface area contributed by atoms with Crippen LogP contribution in [-0.4, -0.2) is 25.9 Å². The van der Waals surface area contributed by atoms with Crippen LogP contribution in [-0.2, 0) is 13.0 Å². The standard InChI is InChI=1S/C18H19F3N2O2/c1-22-11-10-14-4-2-3-5-16(14)17(24)23-12-13-6-8-15(9-7-13)25-18(19,20)21/h2-9,22H,10-12H2,1H3,(H,23,24). The first kappa shape index (κ1) is 18.8. The lowest BCUT2D eigenvalue weighted by molar-refractivity contribution is -0.274. The first-order valence-electron chi connectivity index (χ1n) is 7.74. The third kappa shape index (κ3) is 6.11. The van der Waals surface area contributed by atoms with Crippen LogP contribution in [0, 0.1) is 0 Å². The van der Waals surface area contributed by atoms with Crippen molar-refractivity contribution < 1.29 is 22.7 Å². The summed E-state index contributed by atoms with van der Waals surface area (Å²) in [7, 11) is 1.84. The summed E-state index contributed by atoms with van der Waals surface area (Å²) < 4.78 is 40.2. The van der Waals surface area contributed by atoms with E-state index in [1.54, 1.807) is 12.1 Å². The van der Waals surface area contributed by atoms with Gasteiger partial charge in [0.05, 0.1) is 0 Å². The van der Waals surface area contributed by atoms with Crippen molar-refractivity contribution in [3.8, 4) is 5.75 Å². The summed E-state index contributed by atoms with van der Waals surface area (Å²) in [5.41, 5.74) is 2.20. The highest BCUT2D eigenvalue weighted by Crippen LogP contribution is 2.22. The van der Waals surface area contributed by atoms with Gasteiger partial charge in [-0.1, -0.05) is 30.3 Å². The van der Waals surface area contributed by atoms with Crippen LogP contribution in [0.4, 0.5) is 13.2 Å². The van der Waals surface area contributed by atoms with Gasteiger partial charge in [0.25, 0.3) is 5.91 Å². The number of carbonyl (C=O) groups excluding carboxylic acids is 1. The first-order valence-corrected chi connectivity index (χ1v) is 7.74. The third-order valence-electron chi connectivity index (χ3n) is 3.52. The Morgan fingerprint density at radius 3 is 2.40 bits per heavy atom. The molecule has 0 saturated heterocycles. The van der Waals surface area contributed by atoms with Gasteiger partial charge in [-0.15, -0.1) is 13.2 Å². The smallest absolute Gasteiger partial charge is 0.406 e. The molecule has 2 rings (SSSR count). The number of amides is 1. The molecule has 0 aliphatic rings. The molecule has 0 aliphatic carbocycles. The number of alkyl halides is 3. The highest BCUT2D eigenvalue weighted by molar-refractivity contribution is 5.95. The number of halogens is 3. The van der Waals surface area contributed by atoms with E-state index in [4.69, 9.17) is 0 Å². The third-order valence-corrected chi connectivity index (χ3v) is 3.52. The van der Waals surface area contributed by atoms with Crippen LogP contribution in [0.1, 0.15) is 21.5 Å². The van der Waals surface area contributed by atoms with Crippen molar-refractivity contribution in [1.82, 2.24) is 10.6 Å². The molecule has 0 spiro atoms. The van der Waals surface area contributed by atoms with Crippen molar-refractivity contribution in [2.75, 3.05) is 13.6 Å². The summed E-state index contributed by atoms with van der Waals surface area (Å²) in [6.45, 7) is 0.969. The zero-order chi connectivity index (χ0) is 18.3. The second-order valence-electron chi connectivity index (χ2n) is 5.39. The zero-order valence-electron chi connectivity index (χ0n) is 13.7. The Labute approximate surface area is 144 Å². The lowest BCUT2D eigenvalue weighted by Gasteiger charge is -2.11. The van der Waals surface area contributed by atoms with E-state index in [9.17, 15) is 18.0 Å². The lowest BCUT2D eigenvalue weighted by atomic mass is 10.0. The summed E-state index contributed by atoms with van der Waals surface area (Å²) in [5.74, 6) is -0.512.